The van der Waals surface area contributed by atoms with Crippen molar-refractivity contribution in [2.75, 3.05) is 19.4 Å². The Morgan fingerprint density at radius 1 is 1.26 bits per heavy atom. The van der Waals surface area contributed by atoms with Crippen molar-refractivity contribution in [3.05, 3.63) is 23.8 Å². The molecule has 3 N–H and O–H groups in total. The average molecular weight is 264 g/mol. The first-order valence-corrected chi connectivity index (χ1v) is 6.93. The molecule has 1 rings (SSSR count). The van der Waals surface area contributed by atoms with Crippen molar-refractivity contribution in [2.24, 2.45) is 0 Å². The van der Waals surface area contributed by atoms with E-state index in [1.54, 1.807) is 25.2 Å². The molecule has 0 heterocycles. The van der Waals surface area contributed by atoms with Crippen LogP contribution >= 0.6 is 0 Å². The molecule has 0 radical (unpaired) electrons. The van der Waals surface area contributed by atoms with Gasteiger partial charge in [-0.1, -0.05) is 32.6 Å². The maximum atomic E-state index is 11.4. The van der Waals surface area contributed by atoms with Crippen LogP contribution in [0.5, 0.6) is 5.75 Å². The number of unbranched alkanes of at least 4 members (excludes halogenated alkanes) is 4. The van der Waals surface area contributed by atoms with Crippen molar-refractivity contribution in [3.63, 3.8) is 0 Å². The first-order valence-electron chi connectivity index (χ1n) is 6.93. The monoisotopic (exact) mass is 264 g/mol. The van der Waals surface area contributed by atoms with Gasteiger partial charge < -0.3 is 15.8 Å². The summed E-state index contributed by atoms with van der Waals surface area (Å²) in [6.45, 7) is 2.87. The fourth-order valence-corrected chi connectivity index (χ4v) is 1.85. The molecule has 0 saturated carbocycles. The molecule has 1 aromatic rings. The Balaban J connectivity index is 2.40. The summed E-state index contributed by atoms with van der Waals surface area (Å²) >= 11 is 0. The lowest BCUT2D eigenvalue weighted by Gasteiger charge is -2.10. The van der Waals surface area contributed by atoms with E-state index >= 15 is 0 Å². The molecular weight excluding hydrogens is 240 g/mol. The van der Waals surface area contributed by atoms with Gasteiger partial charge in [0.15, 0.2) is 0 Å². The Hall–Kier alpha value is -1.71. The second-order valence-corrected chi connectivity index (χ2v) is 4.59. The van der Waals surface area contributed by atoms with Crippen molar-refractivity contribution in [3.8, 4) is 5.75 Å². The largest absolute Gasteiger partial charge is 0.491 e. The molecule has 0 unspecified atom stereocenters. The fourth-order valence-electron chi connectivity index (χ4n) is 1.85. The van der Waals surface area contributed by atoms with Gasteiger partial charge in [-0.15, -0.1) is 0 Å². The van der Waals surface area contributed by atoms with Crippen LogP contribution < -0.4 is 15.8 Å². The van der Waals surface area contributed by atoms with E-state index in [4.69, 9.17) is 10.5 Å². The van der Waals surface area contributed by atoms with Gasteiger partial charge in [-0.3, -0.25) is 4.79 Å². The van der Waals surface area contributed by atoms with Crippen molar-refractivity contribution in [1.82, 2.24) is 5.32 Å². The summed E-state index contributed by atoms with van der Waals surface area (Å²) in [5.74, 6) is 0.515. The molecule has 4 heteroatoms. The average Bonchev–Trinajstić information content (AvgIpc) is 2.43. The van der Waals surface area contributed by atoms with E-state index in [0.717, 1.165) is 6.42 Å². The summed E-state index contributed by atoms with van der Waals surface area (Å²) in [5, 5.41) is 2.56. The highest BCUT2D eigenvalue weighted by Crippen LogP contribution is 2.22. The van der Waals surface area contributed by atoms with Crippen LogP contribution in [0.4, 0.5) is 5.69 Å². The molecule has 1 aromatic carbocycles. The molecule has 0 atom stereocenters. The van der Waals surface area contributed by atoms with Crippen molar-refractivity contribution in [2.45, 2.75) is 39.0 Å². The molecule has 0 saturated heterocycles. The Morgan fingerprint density at radius 2 is 2.00 bits per heavy atom. The van der Waals surface area contributed by atoms with Gasteiger partial charge in [-0.25, -0.2) is 0 Å². The lowest BCUT2D eigenvalue weighted by atomic mass is 10.1. The first kappa shape index (κ1) is 15.3. The highest BCUT2D eigenvalue weighted by atomic mass is 16.5. The van der Waals surface area contributed by atoms with Gasteiger partial charge in [0.2, 0.25) is 0 Å². The van der Waals surface area contributed by atoms with E-state index in [1.165, 1.54) is 25.7 Å². The van der Waals surface area contributed by atoms with E-state index in [2.05, 4.69) is 12.2 Å². The number of rotatable bonds is 8. The molecule has 1 amide bonds. The predicted molar refractivity (Wildman–Crippen MR) is 78.5 cm³/mol. The Morgan fingerprint density at radius 3 is 2.63 bits per heavy atom. The molecule has 0 aliphatic rings. The highest BCUT2D eigenvalue weighted by Gasteiger charge is 2.07. The number of carbonyl (C=O) groups excluding carboxylic acids is 1. The summed E-state index contributed by atoms with van der Waals surface area (Å²) in [6.07, 6.45) is 6.00. The van der Waals surface area contributed by atoms with Crippen LogP contribution in [0.1, 0.15) is 49.4 Å². The van der Waals surface area contributed by atoms with Gasteiger partial charge >= 0.3 is 0 Å². The zero-order valence-electron chi connectivity index (χ0n) is 11.9. The van der Waals surface area contributed by atoms with Crippen LogP contribution in [0, 0.1) is 0 Å². The molecule has 0 bridgehead atoms. The summed E-state index contributed by atoms with van der Waals surface area (Å²) in [5.41, 5.74) is 6.93. The first-order chi connectivity index (χ1) is 9.19. The molecule has 106 valence electrons. The van der Waals surface area contributed by atoms with Gasteiger partial charge in [-0.05, 0) is 24.6 Å². The second-order valence-electron chi connectivity index (χ2n) is 4.59. The summed E-state index contributed by atoms with van der Waals surface area (Å²) in [4.78, 5) is 11.4. The number of nitrogens with one attached hydrogen (secondary N) is 1. The molecule has 0 aliphatic heterocycles. The fraction of sp³-hybridized carbons (Fsp3) is 0.533. The normalized spacial score (nSPS) is 10.2. The van der Waals surface area contributed by atoms with Crippen LogP contribution in [-0.2, 0) is 0 Å². The van der Waals surface area contributed by atoms with Gasteiger partial charge in [0.1, 0.15) is 5.75 Å². The van der Waals surface area contributed by atoms with E-state index in [-0.39, 0.29) is 5.91 Å². The molecular formula is C15H24N2O2. The van der Waals surface area contributed by atoms with Gasteiger partial charge in [0.05, 0.1) is 12.3 Å². The van der Waals surface area contributed by atoms with Crippen LogP contribution in [0.2, 0.25) is 0 Å². The molecule has 0 spiro atoms. The molecule has 0 aromatic heterocycles. The zero-order valence-corrected chi connectivity index (χ0v) is 11.9. The van der Waals surface area contributed by atoms with Gasteiger partial charge in [-0.2, -0.15) is 0 Å². The Labute approximate surface area is 115 Å². The van der Waals surface area contributed by atoms with Crippen molar-refractivity contribution in [1.29, 1.82) is 0 Å². The number of amides is 1. The van der Waals surface area contributed by atoms with Crippen molar-refractivity contribution < 1.29 is 9.53 Å². The topological polar surface area (TPSA) is 64.3 Å². The van der Waals surface area contributed by atoms with Crippen molar-refractivity contribution >= 4 is 11.6 Å². The quantitative estimate of drug-likeness (QED) is 0.560. The molecule has 4 nitrogen and oxygen atoms in total. The van der Waals surface area contributed by atoms with Gasteiger partial charge in [0, 0.05) is 12.6 Å². The lowest BCUT2D eigenvalue weighted by Crippen LogP contribution is -2.17. The maximum Gasteiger partial charge on any atom is 0.251 e. The zero-order chi connectivity index (χ0) is 14.1. The number of hydrogen-bond acceptors (Lipinski definition) is 3. The molecule has 0 fully saturated rings. The van der Waals surface area contributed by atoms with Crippen LogP contribution in [0.25, 0.3) is 0 Å². The standard InChI is InChI=1S/C15H24N2O2/c1-3-4-5-6-7-10-19-14-9-8-12(11-13(14)16)15(18)17-2/h8-9,11H,3-7,10,16H2,1-2H3,(H,17,18). The number of ether oxygens (including phenoxy) is 1. The third-order valence-corrected chi connectivity index (χ3v) is 3.00. The minimum Gasteiger partial charge on any atom is -0.491 e. The van der Waals surface area contributed by atoms with Crippen LogP contribution in [0.15, 0.2) is 18.2 Å². The highest BCUT2D eigenvalue weighted by molar-refractivity contribution is 5.95. The Kier molecular flexibility index (Phi) is 6.79. The van der Waals surface area contributed by atoms with Gasteiger partial charge in [0.25, 0.3) is 5.91 Å². The van der Waals surface area contributed by atoms with E-state index in [1.807, 2.05) is 0 Å². The van der Waals surface area contributed by atoms with E-state index < -0.39 is 0 Å². The number of anilines is 1. The number of nitrogen functional groups attached to an aromatic ring is 1. The summed E-state index contributed by atoms with van der Waals surface area (Å²) in [6, 6.07) is 5.12. The summed E-state index contributed by atoms with van der Waals surface area (Å²) < 4.78 is 5.63. The number of benzene rings is 1. The maximum absolute atomic E-state index is 11.4. The number of carbonyl (C=O) groups is 1. The SMILES string of the molecule is CCCCCCCOc1ccc(C(=O)NC)cc1N. The lowest BCUT2D eigenvalue weighted by molar-refractivity contribution is 0.0963. The minimum atomic E-state index is -0.141. The van der Waals surface area contributed by atoms with Crippen LogP contribution in [-0.4, -0.2) is 19.6 Å². The number of hydrogen-bond donors (Lipinski definition) is 2. The van der Waals surface area contributed by atoms with E-state index in [0.29, 0.717) is 23.6 Å². The minimum absolute atomic E-state index is 0.141. The molecule has 0 aliphatic carbocycles. The third-order valence-electron chi connectivity index (χ3n) is 3.00. The van der Waals surface area contributed by atoms with Crippen LogP contribution in [0.3, 0.4) is 0 Å². The third kappa shape index (κ3) is 5.20. The summed E-state index contributed by atoms with van der Waals surface area (Å²) in [7, 11) is 1.60. The predicted octanol–water partition coefficient (Wildman–Crippen LogP) is 2.98. The van der Waals surface area contributed by atoms with E-state index in [9.17, 15) is 4.79 Å². The second kappa shape index (κ2) is 8.40. The molecule has 19 heavy (non-hydrogen) atoms. The number of nitrogens with two attached hydrogens (primary N) is 1. The smallest absolute Gasteiger partial charge is 0.251 e. The Bertz CT molecular complexity index is 405.